The molecule has 1 saturated heterocycles. The van der Waals surface area contributed by atoms with Crippen molar-refractivity contribution < 1.29 is 14.3 Å². The van der Waals surface area contributed by atoms with Crippen LogP contribution in [-0.4, -0.2) is 55.2 Å². The fourth-order valence-electron chi connectivity index (χ4n) is 3.28. The fraction of sp³-hybridized carbons (Fsp3) is 0.611. The SMILES string of the molecule is CCCN1CC(C(=O)N(C)C(C)Cc2ccc3c(c2)OCO3)C1. The van der Waals surface area contributed by atoms with E-state index in [4.69, 9.17) is 9.47 Å². The van der Waals surface area contributed by atoms with Crippen LogP contribution in [0.15, 0.2) is 18.2 Å². The Bertz CT molecular complexity index is 569. The minimum atomic E-state index is 0.170. The standard InChI is InChI=1S/C18H26N2O3/c1-4-7-20-10-15(11-20)18(21)19(3)13(2)8-14-5-6-16-17(9-14)23-12-22-16/h5-6,9,13,15H,4,7-8,10-12H2,1-3H3. The van der Waals surface area contributed by atoms with E-state index in [2.05, 4.69) is 24.8 Å². The number of likely N-dealkylation sites (N-methyl/N-ethyl adjacent to an activating group) is 1. The van der Waals surface area contributed by atoms with Crippen LogP contribution < -0.4 is 9.47 Å². The van der Waals surface area contributed by atoms with E-state index < -0.39 is 0 Å². The average molecular weight is 318 g/mol. The van der Waals surface area contributed by atoms with Gasteiger partial charge in [0.25, 0.3) is 0 Å². The molecular weight excluding hydrogens is 292 g/mol. The van der Waals surface area contributed by atoms with E-state index >= 15 is 0 Å². The van der Waals surface area contributed by atoms with Crippen LogP contribution in [0.25, 0.3) is 0 Å². The van der Waals surface area contributed by atoms with Crippen molar-refractivity contribution in [2.45, 2.75) is 32.7 Å². The Morgan fingerprint density at radius 2 is 2.09 bits per heavy atom. The molecule has 5 heteroatoms. The van der Waals surface area contributed by atoms with E-state index in [9.17, 15) is 4.79 Å². The number of hydrogen-bond acceptors (Lipinski definition) is 4. The fourth-order valence-corrected chi connectivity index (χ4v) is 3.28. The van der Waals surface area contributed by atoms with Gasteiger partial charge in [-0.1, -0.05) is 13.0 Å². The van der Waals surface area contributed by atoms with Crippen molar-refractivity contribution in [2.75, 3.05) is 33.5 Å². The number of nitrogens with zero attached hydrogens (tertiary/aromatic N) is 2. The molecule has 0 N–H and O–H groups in total. The van der Waals surface area contributed by atoms with Crippen LogP contribution in [0.2, 0.25) is 0 Å². The molecule has 0 aliphatic carbocycles. The number of benzene rings is 1. The minimum Gasteiger partial charge on any atom is -0.454 e. The third-order valence-corrected chi connectivity index (χ3v) is 4.82. The van der Waals surface area contributed by atoms with Gasteiger partial charge in [0.05, 0.1) is 5.92 Å². The van der Waals surface area contributed by atoms with Crippen molar-refractivity contribution in [3.8, 4) is 11.5 Å². The second-order valence-corrected chi connectivity index (χ2v) is 6.65. The van der Waals surface area contributed by atoms with Crippen LogP contribution >= 0.6 is 0 Å². The maximum absolute atomic E-state index is 12.5. The third kappa shape index (κ3) is 3.44. The van der Waals surface area contributed by atoms with Crippen molar-refractivity contribution >= 4 is 5.91 Å². The van der Waals surface area contributed by atoms with E-state index in [1.165, 1.54) is 5.56 Å². The van der Waals surface area contributed by atoms with Crippen molar-refractivity contribution in [3.63, 3.8) is 0 Å². The highest BCUT2D eigenvalue weighted by Gasteiger charge is 2.34. The van der Waals surface area contributed by atoms with E-state index in [1.54, 1.807) is 0 Å². The van der Waals surface area contributed by atoms with Gasteiger partial charge in [0.1, 0.15) is 0 Å². The van der Waals surface area contributed by atoms with Crippen LogP contribution in [-0.2, 0) is 11.2 Å². The molecule has 1 atom stereocenters. The minimum absolute atomic E-state index is 0.170. The van der Waals surface area contributed by atoms with Gasteiger partial charge in [-0.2, -0.15) is 0 Å². The lowest BCUT2D eigenvalue weighted by atomic mass is 9.96. The lowest BCUT2D eigenvalue weighted by Gasteiger charge is -2.41. The van der Waals surface area contributed by atoms with Gasteiger partial charge in [-0.15, -0.1) is 0 Å². The first-order valence-electron chi connectivity index (χ1n) is 8.46. The largest absolute Gasteiger partial charge is 0.454 e. The summed E-state index contributed by atoms with van der Waals surface area (Å²) < 4.78 is 10.8. The molecule has 0 radical (unpaired) electrons. The van der Waals surface area contributed by atoms with Crippen LogP contribution in [0.4, 0.5) is 0 Å². The highest BCUT2D eigenvalue weighted by Crippen LogP contribution is 2.33. The van der Waals surface area contributed by atoms with Gasteiger partial charge in [0.15, 0.2) is 11.5 Å². The normalized spacial score (nSPS) is 18.6. The van der Waals surface area contributed by atoms with Crippen molar-refractivity contribution in [1.29, 1.82) is 0 Å². The highest BCUT2D eigenvalue weighted by molar-refractivity contribution is 5.80. The van der Waals surface area contributed by atoms with Crippen LogP contribution in [0, 0.1) is 5.92 Å². The molecule has 0 saturated carbocycles. The molecule has 1 fully saturated rings. The molecule has 1 aromatic carbocycles. The van der Waals surface area contributed by atoms with Gasteiger partial charge in [-0.25, -0.2) is 0 Å². The zero-order chi connectivity index (χ0) is 16.4. The lowest BCUT2D eigenvalue weighted by molar-refractivity contribution is -0.141. The number of carbonyl (C=O) groups is 1. The molecule has 1 amide bonds. The summed E-state index contributed by atoms with van der Waals surface area (Å²) in [6, 6.07) is 6.18. The first-order valence-corrected chi connectivity index (χ1v) is 8.46. The number of fused-ring (bicyclic) bond motifs is 1. The summed E-state index contributed by atoms with van der Waals surface area (Å²) in [5.41, 5.74) is 1.17. The number of carbonyl (C=O) groups excluding carboxylic acids is 1. The zero-order valence-corrected chi connectivity index (χ0v) is 14.2. The van der Waals surface area contributed by atoms with Crippen LogP contribution in [0.5, 0.6) is 11.5 Å². The monoisotopic (exact) mass is 318 g/mol. The van der Waals surface area contributed by atoms with Crippen molar-refractivity contribution in [3.05, 3.63) is 23.8 Å². The maximum Gasteiger partial charge on any atom is 0.231 e. The average Bonchev–Trinajstić information content (AvgIpc) is 2.96. The predicted molar refractivity (Wildman–Crippen MR) is 88.7 cm³/mol. The summed E-state index contributed by atoms with van der Waals surface area (Å²) in [4.78, 5) is 16.8. The number of hydrogen-bond donors (Lipinski definition) is 0. The molecule has 0 spiro atoms. The third-order valence-electron chi connectivity index (χ3n) is 4.82. The molecule has 1 unspecified atom stereocenters. The zero-order valence-electron chi connectivity index (χ0n) is 14.2. The van der Waals surface area contributed by atoms with Gasteiger partial charge in [0, 0.05) is 26.2 Å². The van der Waals surface area contributed by atoms with Crippen LogP contribution in [0.3, 0.4) is 0 Å². The molecule has 1 aromatic rings. The smallest absolute Gasteiger partial charge is 0.231 e. The van der Waals surface area contributed by atoms with E-state index in [1.807, 2.05) is 24.1 Å². The molecule has 2 heterocycles. The van der Waals surface area contributed by atoms with Gasteiger partial charge in [-0.3, -0.25) is 4.79 Å². The summed E-state index contributed by atoms with van der Waals surface area (Å²) in [6.45, 7) is 7.49. The summed E-state index contributed by atoms with van der Waals surface area (Å²) in [5, 5.41) is 0. The Labute approximate surface area is 138 Å². The number of ether oxygens (including phenoxy) is 2. The molecule has 0 bridgehead atoms. The topological polar surface area (TPSA) is 42.0 Å². The lowest BCUT2D eigenvalue weighted by Crippen LogP contribution is -2.55. The molecule has 126 valence electrons. The highest BCUT2D eigenvalue weighted by atomic mass is 16.7. The molecular formula is C18H26N2O3. The molecule has 5 nitrogen and oxygen atoms in total. The molecule has 3 rings (SSSR count). The second-order valence-electron chi connectivity index (χ2n) is 6.65. The molecule has 23 heavy (non-hydrogen) atoms. The van der Waals surface area contributed by atoms with Gasteiger partial charge in [0.2, 0.25) is 12.7 Å². The summed E-state index contributed by atoms with van der Waals surface area (Å²) in [5.74, 6) is 2.05. The van der Waals surface area contributed by atoms with Crippen molar-refractivity contribution in [2.24, 2.45) is 5.92 Å². The van der Waals surface area contributed by atoms with E-state index in [0.717, 1.165) is 44.0 Å². The van der Waals surface area contributed by atoms with Gasteiger partial charge < -0.3 is 19.3 Å². The number of likely N-dealkylation sites (tertiary alicyclic amines) is 1. The molecule has 0 aromatic heterocycles. The van der Waals surface area contributed by atoms with Gasteiger partial charge in [-0.05, 0) is 44.0 Å². The Morgan fingerprint density at radius 1 is 1.35 bits per heavy atom. The second kappa shape index (κ2) is 6.79. The Kier molecular flexibility index (Phi) is 4.76. The Hall–Kier alpha value is -1.75. The summed E-state index contributed by atoms with van der Waals surface area (Å²) in [6.07, 6.45) is 1.97. The Morgan fingerprint density at radius 3 is 2.83 bits per heavy atom. The number of amides is 1. The first-order chi connectivity index (χ1) is 11.1. The first kappa shape index (κ1) is 16.1. The summed E-state index contributed by atoms with van der Waals surface area (Å²) >= 11 is 0. The maximum atomic E-state index is 12.5. The molecule has 2 aliphatic rings. The number of rotatable bonds is 6. The van der Waals surface area contributed by atoms with Crippen LogP contribution in [0.1, 0.15) is 25.8 Å². The van der Waals surface area contributed by atoms with E-state index in [-0.39, 0.29) is 17.9 Å². The predicted octanol–water partition coefficient (Wildman–Crippen LogP) is 2.15. The van der Waals surface area contributed by atoms with Crippen molar-refractivity contribution in [1.82, 2.24) is 9.80 Å². The quantitative estimate of drug-likeness (QED) is 0.806. The summed E-state index contributed by atoms with van der Waals surface area (Å²) in [7, 11) is 1.92. The van der Waals surface area contributed by atoms with E-state index in [0.29, 0.717) is 6.79 Å². The molecule has 2 aliphatic heterocycles. The van der Waals surface area contributed by atoms with Gasteiger partial charge >= 0.3 is 0 Å². The Balaban J connectivity index is 1.53.